The second-order valence-electron chi connectivity index (χ2n) is 5.58. The number of fused-ring (bicyclic) bond motifs is 1. The number of rotatable bonds is 4. The predicted molar refractivity (Wildman–Crippen MR) is 79.0 cm³/mol. The molecule has 3 rings (SSSR count). The van der Waals surface area contributed by atoms with E-state index in [2.05, 4.69) is 15.5 Å². The first-order valence-corrected chi connectivity index (χ1v) is 7.12. The largest absolute Gasteiger partial charge is 0.481 e. The Labute approximate surface area is 129 Å². The Hall–Kier alpha value is -2.97. The van der Waals surface area contributed by atoms with Crippen LogP contribution in [0.3, 0.4) is 0 Å². The molecule has 0 unspecified atom stereocenters. The molecule has 0 bridgehead atoms. The molecule has 0 saturated heterocycles. The first kappa shape index (κ1) is 14.9. The number of nitro groups is 1. The molecule has 0 spiro atoms. The van der Waals surface area contributed by atoms with Gasteiger partial charge in [-0.15, -0.1) is 0 Å². The van der Waals surface area contributed by atoms with Crippen LogP contribution in [0.2, 0.25) is 0 Å². The SMILES string of the molecule is O=C(N[C@H]1CC[C@@H](C(=O)O)C1)c1n[nH]c2ccc([N+](=O)[O-])cc12. The zero-order chi connectivity index (χ0) is 16.6. The molecular weight excluding hydrogens is 304 g/mol. The highest BCUT2D eigenvalue weighted by Gasteiger charge is 2.31. The van der Waals surface area contributed by atoms with Gasteiger partial charge in [-0.05, 0) is 25.3 Å². The summed E-state index contributed by atoms with van der Waals surface area (Å²) in [7, 11) is 0. The van der Waals surface area contributed by atoms with Gasteiger partial charge in [-0.25, -0.2) is 0 Å². The minimum Gasteiger partial charge on any atom is -0.481 e. The van der Waals surface area contributed by atoms with Crippen molar-refractivity contribution in [2.75, 3.05) is 0 Å². The van der Waals surface area contributed by atoms with E-state index >= 15 is 0 Å². The molecule has 1 amide bonds. The van der Waals surface area contributed by atoms with Crippen LogP contribution in [0.4, 0.5) is 5.69 Å². The van der Waals surface area contributed by atoms with Gasteiger partial charge < -0.3 is 10.4 Å². The quantitative estimate of drug-likeness (QED) is 0.576. The number of aliphatic carboxylic acids is 1. The summed E-state index contributed by atoms with van der Waals surface area (Å²) in [5.41, 5.74) is 0.470. The van der Waals surface area contributed by atoms with Crippen LogP contribution in [0, 0.1) is 16.0 Å². The number of carbonyl (C=O) groups excluding carboxylic acids is 1. The molecule has 0 radical (unpaired) electrons. The number of hydrogen-bond acceptors (Lipinski definition) is 5. The van der Waals surface area contributed by atoms with Crippen LogP contribution in [-0.4, -0.2) is 38.1 Å². The Morgan fingerprint density at radius 1 is 1.39 bits per heavy atom. The molecule has 0 aliphatic heterocycles. The molecule has 2 aromatic rings. The summed E-state index contributed by atoms with van der Waals surface area (Å²) in [5.74, 6) is -1.77. The Balaban J connectivity index is 1.80. The van der Waals surface area contributed by atoms with Crippen LogP contribution >= 0.6 is 0 Å². The maximum Gasteiger partial charge on any atom is 0.306 e. The van der Waals surface area contributed by atoms with Crippen LogP contribution in [0.25, 0.3) is 10.9 Å². The van der Waals surface area contributed by atoms with Gasteiger partial charge in [0.05, 0.1) is 16.4 Å². The summed E-state index contributed by atoms with van der Waals surface area (Å²) in [6, 6.07) is 3.89. The zero-order valence-electron chi connectivity index (χ0n) is 12.0. The third-order valence-electron chi connectivity index (χ3n) is 4.09. The maximum atomic E-state index is 12.3. The molecule has 1 aromatic heterocycles. The normalized spacial score (nSPS) is 20.5. The van der Waals surface area contributed by atoms with E-state index in [9.17, 15) is 19.7 Å². The van der Waals surface area contributed by atoms with E-state index in [4.69, 9.17) is 5.11 Å². The van der Waals surface area contributed by atoms with E-state index in [1.165, 1.54) is 18.2 Å². The number of nitrogens with zero attached hydrogens (tertiary/aromatic N) is 2. The van der Waals surface area contributed by atoms with Crippen molar-refractivity contribution >= 4 is 28.5 Å². The number of amides is 1. The summed E-state index contributed by atoms with van der Waals surface area (Å²) in [5, 5.41) is 29.5. The molecule has 1 aliphatic rings. The van der Waals surface area contributed by atoms with Crippen molar-refractivity contribution in [3.63, 3.8) is 0 Å². The summed E-state index contributed by atoms with van der Waals surface area (Å²) < 4.78 is 0. The topological polar surface area (TPSA) is 138 Å². The Kier molecular flexibility index (Phi) is 3.68. The van der Waals surface area contributed by atoms with E-state index in [-0.39, 0.29) is 17.4 Å². The van der Waals surface area contributed by atoms with Crippen LogP contribution in [-0.2, 0) is 4.79 Å². The zero-order valence-corrected chi connectivity index (χ0v) is 12.0. The monoisotopic (exact) mass is 318 g/mol. The highest BCUT2D eigenvalue weighted by atomic mass is 16.6. The summed E-state index contributed by atoms with van der Waals surface area (Å²) in [6.07, 6.45) is 1.49. The second kappa shape index (κ2) is 5.67. The lowest BCUT2D eigenvalue weighted by Gasteiger charge is -2.11. The number of non-ortho nitro benzene ring substituents is 1. The van der Waals surface area contributed by atoms with E-state index in [1.807, 2.05) is 0 Å². The van der Waals surface area contributed by atoms with E-state index in [0.29, 0.717) is 30.2 Å². The lowest BCUT2D eigenvalue weighted by atomic mass is 10.1. The van der Waals surface area contributed by atoms with Crippen LogP contribution in [0.5, 0.6) is 0 Å². The number of benzene rings is 1. The molecule has 1 fully saturated rings. The summed E-state index contributed by atoms with van der Waals surface area (Å²) in [6.45, 7) is 0. The average molecular weight is 318 g/mol. The third kappa shape index (κ3) is 2.85. The van der Waals surface area contributed by atoms with Gasteiger partial charge in [0.2, 0.25) is 0 Å². The van der Waals surface area contributed by atoms with Crippen LogP contribution in [0.15, 0.2) is 18.2 Å². The first-order valence-electron chi connectivity index (χ1n) is 7.12. The minimum absolute atomic E-state index is 0.0717. The molecule has 9 heteroatoms. The molecule has 2 atom stereocenters. The third-order valence-corrected chi connectivity index (χ3v) is 4.09. The molecule has 120 valence electrons. The van der Waals surface area contributed by atoms with Gasteiger partial charge in [-0.2, -0.15) is 5.10 Å². The number of aromatic amines is 1. The molecule has 1 heterocycles. The molecule has 1 saturated carbocycles. The Bertz CT molecular complexity index is 800. The molecule has 3 N–H and O–H groups in total. The van der Waals surface area contributed by atoms with Crippen LogP contribution < -0.4 is 5.32 Å². The van der Waals surface area contributed by atoms with Crippen molar-refractivity contribution in [3.8, 4) is 0 Å². The van der Waals surface area contributed by atoms with E-state index in [1.54, 1.807) is 0 Å². The number of H-pyrrole nitrogens is 1. The molecule has 23 heavy (non-hydrogen) atoms. The lowest BCUT2D eigenvalue weighted by Crippen LogP contribution is -2.33. The molecular formula is C14H14N4O5. The first-order chi connectivity index (χ1) is 11.0. The van der Waals surface area contributed by atoms with Gasteiger partial charge in [0.1, 0.15) is 0 Å². The second-order valence-corrected chi connectivity index (χ2v) is 5.58. The van der Waals surface area contributed by atoms with Gasteiger partial charge in [-0.3, -0.25) is 24.8 Å². The fourth-order valence-electron chi connectivity index (χ4n) is 2.88. The van der Waals surface area contributed by atoms with Gasteiger partial charge in [0.25, 0.3) is 11.6 Å². The number of carboxylic acids is 1. The summed E-state index contributed by atoms with van der Waals surface area (Å²) >= 11 is 0. The fraction of sp³-hybridized carbons (Fsp3) is 0.357. The average Bonchev–Trinajstić information content (AvgIpc) is 3.12. The number of carboxylic acid groups (broad SMARTS) is 1. The highest BCUT2D eigenvalue weighted by Crippen LogP contribution is 2.27. The molecule has 1 aromatic carbocycles. The number of nitro benzene ring substituents is 1. The number of aromatic nitrogens is 2. The van der Waals surface area contributed by atoms with Gasteiger partial charge in [0.15, 0.2) is 5.69 Å². The predicted octanol–water partition coefficient (Wildman–Crippen LogP) is 1.45. The smallest absolute Gasteiger partial charge is 0.306 e. The van der Waals surface area contributed by atoms with E-state index < -0.39 is 22.7 Å². The lowest BCUT2D eigenvalue weighted by molar-refractivity contribution is -0.384. The molecule has 9 nitrogen and oxygen atoms in total. The van der Waals surface area contributed by atoms with Crippen molar-refractivity contribution in [2.45, 2.75) is 25.3 Å². The minimum atomic E-state index is -0.859. The van der Waals surface area contributed by atoms with Crippen LogP contribution in [0.1, 0.15) is 29.8 Å². The highest BCUT2D eigenvalue weighted by molar-refractivity contribution is 6.05. The van der Waals surface area contributed by atoms with Gasteiger partial charge in [0, 0.05) is 23.6 Å². The van der Waals surface area contributed by atoms with Gasteiger partial charge >= 0.3 is 5.97 Å². The van der Waals surface area contributed by atoms with Crippen molar-refractivity contribution in [1.82, 2.24) is 15.5 Å². The fourth-order valence-corrected chi connectivity index (χ4v) is 2.88. The van der Waals surface area contributed by atoms with Gasteiger partial charge in [-0.1, -0.05) is 0 Å². The summed E-state index contributed by atoms with van der Waals surface area (Å²) in [4.78, 5) is 33.6. The maximum absolute atomic E-state index is 12.3. The number of carbonyl (C=O) groups is 2. The number of hydrogen-bond donors (Lipinski definition) is 3. The number of nitrogens with one attached hydrogen (secondary N) is 2. The standard InChI is InChI=1S/C14H14N4O5/c19-13(15-8-2-1-7(5-8)14(20)21)12-10-6-9(18(22)23)3-4-11(10)16-17-12/h3-4,6-8H,1-2,5H2,(H,15,19)(H,16,17)(H,20,21)/t7-,8+/m1/s1. The van der Waals surface area contributed by atoms with Crippen molar-refractivity contribution in [3.05, 3.63) is 34.0 Å². The van der Waals surface area contributed by atoms with E-state index in [0.717, 1.165) is 0 Å². The Morgan fingerprint density at radius 2 is 2.17 bits per heavy atom. The molecule has 1 aliphatic carbocycles. The van der Waals surface area contributed by atoms with Crippen molar-refractivity contribution in [2.24, 2.45) is 5.92 Å². The Morgan fingerprint density at radius 3 is 2.83 bits per heavy atom. The van der Waals surface area contributed by atoms with Crippen molar-refractivity contribution in [1.29, 1.82) is 0 Å². The van der Waals surface area contributed by atoms with Crippen molar-refractivity contribution < 1.29 is 19.6 Å².